The van der Waals surface area contributed by atoms with E-state index in [9.17, 15) is 18.0 Å². The molecule has 1 spiro atoms. The molecule has 1 N–H and O–H groups in total. The van der Waals surface area contributed by atoms with Crippen molar-refractivity contribution in [2.24, 2.45) is 11.3 Å². The zero-order valence-corrected chi connectivity index (χ0v) is 16.4. The first kappa shape index (κ1) is 20.9. The van der Waals surface area contributed by atoms with E-state index in [-0.39, 0.29) is 31.0 Å². The highest BCUT2D eigenvalue weighted by atomic mass is 19.4. The van der Waals surface area contributed by atoms with Crippen LogP contribution in [0, 0.1) is 11.3 Å². The highest BCUT2D eigenvalue weighted by Crippen LogP contribution is 2.50. The molecule has 0 radical (unpaired) electrons. The SMILES string of the molecule is CC(C)(CNC(=O)N1CCC(C(F)(F)F)C2(CCOCC2)C1)c1cccnc1. The first-order chi connectivity index (χ1) is 13.1. The molecule has 1 aromatic rings. The molecule has 5 nitrogen and oxygen atoms in total. The largest absolute Gasteiger partial charge is 0.392 e. The van der Waals surface area contributed by atoms with Crippen molar-refractivity contribution in [3.8, 4) is 0 Å². The number of piperidine rings is 1. The van der Waals surface area contributed by atoms with Gasteiger partial charge in [0.1, 0.15) is 0 Å². The molecule has 0 saturated carbocycles. The maximum absolute atomic E-state index is 13.6. The highest BCUT2D eigenvalue weighted by Gasteiger charge is 2.56. The summed E-state index contributed by atoms with van der Waals surface area (Å²) >= 11 is 0. The Bertz CT molecular complexity index is 673. The molecular weight excluding hydrogens is 371 g/mol. The summed E-state index contributed by atoms with van der Waals surface area (Å²) in [7, 11) is 0. The van der Waals surface area contributed by atoms with E-state index in [0.29, 0.717) is 32.6 Å². The molecule has 156 valence electrons. The van der Waals surface area contributed by atoms with Crippen LogP contribution in [0.25, 0.3) is 0 Å². The second kappa shape index (κ2) is 7.89. The summed E-state index contributed by atoms with van der Waals surface area (Å²) in [6, 6.07) is 3.49. The molecule has 1 atom stereocenters. The standard InChI is InChI=1S/C20H28F3N3O2/c1-18(2,15-4-3-8-24-12-15)13-25-17(27)26-9-5-16(20(21,22)23)19(14-26)6-10-28-11-7-19/h3-4,8,12,16H,5-7,9-11,13-14H2,1-2H3,(H,25,27). The van der Waals surface area contributed by atoms with E-state index >= 15 is 0 Å². The number of halogens is 3. The van der Waals surface area contributed by atoms with E-state index in [4.69, 9.17) is 4.74 Å². The van der Waals surface area contributed by atoms with E-state index in [2.05, 4.69) is 10.3 Å². The second-order valence-corrected chi connectivity index (χ2v) is 8.56. The molecular formula is C20H28F3N3O2. The van der Waals surface area contributed by atoms with Gasteiger partial charge in [-0.05, 0) is 30.9 Å². The molecule has 28 heavy (non-hydrogen) atoms. The predicted molar refractivity (Wildman–Crippen MR) is 98.9 cm³/mol. The van der Waals surface area contributed by atoms with Crippen molar-refractivity contribution in [1.82, 2.24) is 15.2 Å². The quantitative estimate of drug-likeness (QED) is 0.842. The highest BCUT2D eigenvalue weighted by molar-refractivity contribution is 5.74. The van der Waals surface area contributed by atoms with Crippen molar-refractivity contribution in [3.05, 3.63) is 30.1 Å². The van der Waals surface area contributed by atoms with Crippen molar-refractivity contribution < 1.29 is 22.7 Å². The maximum atomic E-state index is 13.6. The van der Waals surface area contributed by atoms with E-state index < -0.39 is 17.5 Å². The van der Waals surface area contributed by atoms with Crippen LogP contribution < -0.4 is 5.32 Å². The Hall–Kier alpha value is -1.83. The molecule has 2 aliphatic rings. The average Bonchev–Trinajstić information content (AvgIpc) is 2.66. The topological polar surface area (TPSA) is 54.5 Å². The maximum Gasteiger partial charge on any atom is 0.392 e. The lowest BCUT2D eigenvalue weighted by atomic mass is 9.66. The number of pyridine rings is 1. The van der Waals surface area contributed by atoms with Crippen LogP contribution in [-0.2, 0) is 10.2 Å². The van der Waals surface area contributed by atoms with Crippen molar-refractivity contribution >= 4 is 6.03 Å². The number of likely N-dealkylation sites (tertiary alicyclic amines) is 1. The Morgan fingerprint density at radius 3 is 2.68 bits per heavy atom. The Kier molecular flexibility index (Phi) is 5.89. The molecule has 8 heteroatoms. The minimum atomic E-state index is -4.25. The fourth-order valence-corrected chi connectivity index (χ4v) is 4.40. The predicted octanol–water partition coefficient (Wildman–Crippen LogP) is 3.75. The summed E-state index contributed by atoms with van der Waals surface area (Å²) in [4.78, 5) is 18.4. The average molecular weight is 399 g/mol. The summed E-state index contributed by atoms with van der Waals surface area (Å²) in [5.74, 6) is -1.38. The lowest BCUT2D eigenvalue weighted by molar-refractivity contribution is -0.232. The molecule has 3 heterocycles. The van der Waals surface area contributed by atoms with Gasteiger partial charge in [0.2, 0.25) is 0 Å². The van der Waals surface area contributed by atoms with Crippen LogP contribution in [0.4, 0.5) is 18.0 Å². The summed E-state index contributed by atoms with van der Waals surface area (Å²) in [6.07, 6.45) is -0.177. The molecule has 0 bridgehead atoms. The lowest BCUT2D eigenvalue weighted by Gasteiger charge is -2.50. The van der Waals surface area contributed by atoms with Gasteiger partial charge in [-0.3, -0.25) is 4.98 Å². The monoisotopic (exact) mass is 399 g/mol. The third-order valence-corrected chi connectivity index (χ3v) is 6.23. The van der Waals surface area contributed by atoms with Crippen LogP contribution in [0.2, 0.25) is 0 Å². The van der Waals surface area contributed by atoms with Crippen LogP contribution in [-0.4, -0.2) is 54.9 Å². The number of ether oxygens (including phenoxy) is 1. The zero-order chi connectivity index (χ0) is 20.4. The number of amides is 2. The van der Waals surface area contributed by atoms with E-state index in [1.165, 1.54) is 0 Å². The van der Waals surface area contributed by atoms with Crippen LogP contribution in [0.5, 0.6) is 0 Å². The van der Waals surface area contributed by atoms with Crippen LogP contribution in [0.15, 0.2) is 24.5 Å². The summed E-state index contributed by atoms with van der Waals surface area (Å²) in [5, 5.41) is 2.91. The van der Waals surface area contributed by atoms with E-state index in [0.717, 1.165) is 5.56 Å². The van der Waals surface area contributed by atoms with Crippen LogP contribution >= 0.6 is 0 Å². The first-order valence-corrected chi connectivity index (χ1v) is 9.72. The Morgan fingerprint density at radius 2 is 2.07 bits per heavy atom. The molecule has 1 unspecified atom stereocenters. The van der Waals surface area contributed by atoms with Gasteiger partial charge in [0, 0.05) is 56.1 Å². The molecule has 3 rings (SSSR count). The number of aromatic nitrogens is 1. The summed E-state index contributed by atoms with van der Waals surface area (Å²) in [5.41, 5.74) is -0.276. The van der Waals surface area contributed by atoms with Gasteiger partial charge in [0.25, 0.3) is 0 Å². The Morgan fingerprint density at radius 1 is 1.36 bits per heavy atom. The minimum Gasteiger partial charge on any atom is -0.381 e. The number of hydrogen-bond donors (Lipinski definition) is 1. The van der Waals surface area contributed by atoms with E-state index in [1.807, 2.05) is 26.0 Å². The first-order valence-electron chi connectivity index (χ1n) is 9.72. The number of nitrogens with zero attached hydrogens (tertiary/aromatic N) is 2. The van der Waals surface area contributed by atoms with Gasteiger partial charge < -0.3 is 15.0 Å². The fourth-order valence-electron chi connectivity index (χ4n) is 4.40. The van der Waals surface area contributed by atoms with Crippen molar-refractivity contribution in [2.75, 3.05) is 32.8 Å². The molecule has 0 aliphatic carbocycles. The molecule has 1 aromatic heterocycles. The van der Waals surface area contributed by atoms with Gasteiger partial charge >= 0.3 is 12.2 Å². The molecule has 2 saturated heterocycles. The number of carbonyl (C=O) groups excluding carboxylic acids is 1. The summed E-state index contributed by atoms with van der Waals surface area (Å²) < 4.78 is 46.2. The molecule has 2 amide bonds. The van der Waals surface area contributed by atoms with Crippen LogP contribution in [0.3, 0.4) is 0 Å². The Labute approximate surface area is 163 Å². The molecule has 0 aromatic carbocycles. The minimum absolute atomic E-state index is 0.0527. The van der Waals surface area contributed by atoms with Gasteiger partial charge in [0.15, 0.2) is 0 Å². The van der Waals surface area contributed by atoms with Gasteiger partial charge in [-0.2, -0.15) is 13.2 Å². The zero-order valence-electron chi connectivity index (χ0n) is 16.4. The van der Waals surface area contributed by atoms with Gasteiger partial charge in [-0.25, -0.2) is 4.79 Å². The number of urea groups is 1. The van der Waals surface area contributed by atoms with Crippen molar-refractivity contribution in [1.29, 1.82) is 0 Å². The number of nitrogens with one attached hydrogen (secondary N) is 1. The van der Waals surface area contributed by atoms with Gasteiger partial charge in [-0.15, -0.1) is 0 Å². The van der Waals surface area contributed by atoms with Crippen LogP contribution in [0.1, 0.15) is 38.7 Å². The number of carbonyl (C=O) groups is 1. The smallest absolute Gasteiger partial charge is 0.381 e. The van der Waals surface area contributed by atoms with Gasteiger partial charge in [0.05, 0.1) is 5.92 Å². The molecule has 2 fully saturated rings. The number of alkyl halides is 3. The van der Waals surface area contributed by atoms with Gasteiger partial charge in [-0.1, -0.05) is 19.9 Å². The number of hydrogen-bond acceptors (Lipinski definition) is 3. The second-order valence-electron chi connectivity index (χ2n) is 8.56. The third-order valence-electron chi connectivity index (χ3n) is 6.23. The summed E-state index contributed by atoms with van der Waals surface area (Å²) in [6.45, 7) is 5.25. The number of rotatable bonds is 3. The lowest BCUT2D eigenvalue weighted by Crippen LogP contribution is -2.58. The van der Waals surface area contributed by atoms with Crippen molar-refractivity contribution in [3.63, 3.8) is 0 Å². The normalized spacial score (nSPS) is 22.9. The van der Waals surface area contributed by atoms with Crippen molar-refractivity contribution in [2.45, 2.75) is 44.7 Å². The Balaban J connectivity index is 1.66. The fraction of sp³-hybridized carbons (Fsp3) is 0.700. The van der Waals surface area contributed by atoms with E-state index in [1.54, 1.807) is 17.3 Å². The third kappa shape index (κ3) is 4.42. The molecule has 2 aliphatic heterocycles.